The zero-order chi connectivity index (χ0) is 14.4. The monoisotopic (exact) mass is 662 g/mol. The van der Waals surface area contributed by atoms with E-state index in [1.54, 1.807) is 13.8 Å². The number of Topliss-reactive ketones (excluding diaryl/α,β-unsaturated/α-hetero) is 1. The van der Waals surface area contributed by atoms with Crippen molar-refractivity contribution in [2.75, 3.05) is 0 Å². The van der Waals surface area contributed by atoms with Gasteiger partial charge in [-0.15, -0.1) is 0 Å². The van der Waals surface area contributed by atoms with Gasteiger partial charge in [-0.1, -0.05) is 31.9 Å². The average molecular weight is 662 g/mol. The van der Waals surface area contributed by atoms with Crippen LogP contribution < -0.4 is 16.7 Å². The summed E-state index contributed by atoms with van der Waals surface area (Å²) in [4.78, 5) is 10.8. The Morgan fingerprint density at radius 3 is 1.25 bits per heavy atom. The zero-order valence-electron chi connectivity index (χ0n) is 12.1. The van der Waals surface area contributed by atoms with E-state index in [1.165, 1.54) is 13.8 Å². The van der Waals surface area contributed by atoms with Gasteiger partial charge in [0.15, 0.2) is 0 Å². The van der Waals surface area contributed by atoms with Crippen LogP contribution in [0.25, 0.3) is 0 Å². The number of carbonyl (C=O) groups excluding carboxylic acids is 1. The predicted octanol–water partition coefficient (Wildman–Crippen LogP) is 2.34. The summed E-state index contributed by atoms with van der Waals surface area (Å²) >= 11 is 9.16. The molecule has 0 aliphatic carbocycles. The molecule has 0 aliphatic rings. The minimum Gasteiger partial charge on any atom is -0.318 e. The summed E-state index contributed by atoms with van der Waals surface area (Å²) < 4.78 is 0. The molecule has 20 heavy (non-hydrogen) atoms. The van der Waals surface area contributed by atoms with Crippen molar-refractivity contribution in [1.29, 1.82) is 0 Å². The minimum absolute atomic E-state index is 0. The van der Waals surface area contributed by atoms with Crippen LogP contribution >= 0.6 is 24.4 Å². The molecule has 0 radical (unpaired) electrons. The minimum atomic E-state index is 0. The van der Waals surface area contributed by atoms with Gasteiger partial charge in [0.2, 0.25) is 0 Å². The van der Waals surface area contributed by atoms with Gasteiger partial charge in [0.25, 0.3) is 0 Å². The molecule has 0 amide bonds. The summed E-state index contributed by atoms with van der Waals surface area (Å²) in [7, 11) is 0. The summed E-state index contributed by atoms with van der Waals surface area (Å²) in [6, 6.07) is 0. The molecule has 0 bridgehead atoms. The van der Waals surface area contributed by atoms with E-state index in [4.69, 9.17) is 18.1 Å². The molecule has 0 atom stereocenters. The number of carbonyl (C=O) groups is 1. The molecule has 0 unspecified atom stereocenters. The number of thiocarbonyl (C=S) groups is 2. The first-order valence-corrected chi connectivity index (χ1v) is 5.66. The molecule has 0 aromatic carbocycles. The van der Waals surface area contributed by atoms with Gasteiger partial charge in [-0.05, 0) is 41.5 Å². The van der Waals surface area contributed by atoms with Gasteiger partial charge in [-0.25, -0.2) is 0 Å². The second-order valence-corrected chi connectivity index (χ2v) is 4.56. The van der Waals surface area contributed by atoms with Crippen molar-refractivity contribution in [1.82, 2.24) is 10.9 Å². The van der Waals surface area contributed by atoms with Crippen LogP contribution in [0.4, 0.5) is 0 Å². The molecule has 4 N–H and O–H groups in total. The number of nitrogens with two attached hydrogens (primary N) is 1. The van der Waals surface area contributed by atoms with Gasteiger partial charge in [0.05, 0.1) is 9.98 Å². The van der Waals surface area contributed by atoms with Crippen molar-refractivity contribution >= 4 is 45.9 Å². The Bertz CT molecular complexity index is 280. The van der Waals surface area contributed by atoms with E-state index in [-0.39, 0.29) is 55.3 Å². The van der Waals surface area contributed by atoms with Crippen molar-refractivity contribution < 1.29 is 46.9 Å². The molecule has 0 aromatic rings. The maximum Gasteiger partial charge on any atom is 0.126 e. The largest absolute Gasteiger partial charge is 0.318 e. The van der Waals surface area contributed by atoms with Gasteiger partial charge < -0.3 is 10.2 Å². The first kappa shape index (κ1) is 37.1. The van der Waals surface area contributed by atoms with Crippen molar-refractivity contribution in [3.63, 3.8) is 0 Å². The fourth-order valence-electron chi connectivity index (χ4n) is 0.191. The van der Waals surface area contributed by atoms with E-state index >= 15 is 0 Å². The Morgan fingerprint density at radius 2 is 1.20 bits per heavy atom. The number of ketones is 1. The normalized spacial score (nSPS) is 6.15. The molecule has 0 fully saturated rings. The number of rotatable bonds is 1. The maximum atomic E-state index is 9.44. The Balaban J connectivity index is -0.0000000363. The van der Waals surface area contributed by atoms with E-state index in [0.29, 0.717) is 9.98 Å². The molecule has 120 valence electrons. The van der Waals surface area contributed by atoms with Crippen molar-refractivity contribution in [3.05, 3.63) is 0 Å². The average Bonchev–Trinajstić information content (AvgIpc) is 2.14. The first-order chi connectivity index (χ1) is 7.63. The maximum absolute atomic E-state index is 9.44. The van der Waals surface area contributed by atoms with Crippen molar-refractivity contribution in [2.24, 2.45) is 10.9 Å². The Labute approximate surface area is 162 Å². The van der Waals surface area contributed by atoms with Gasteiger partial charge in [-0.2, -0.15) is 5.10 Å². The molecule has 0 heterocycles. The van der Waals surface area contributed by atoms with Crippen LogP contribution in [0.5, 0.6) is 0 Å². The standard InChI is InChI=1S/C5H10N2S.C3H6O.C2H6N2S.CH4.2W/c1-4(2)6-7-5(3)8;1-3(2)4;1-2(5)4-3;;;/h1-3H3,(H,7,8);1-2H3;3H2,1H3,(H,4,5);1H4;;. The molecule has 0 saturated carbocycles. The smallest absolute Gasteiger partial charge is 0.126 e. The van der Waals surface area contributed by atoms with Gasteiger partial charge in [0.1, 0.15) is 5.78 Å². The fraction of sp³-hybridized carbons (Fsp3) is 0.636. The van der Waals surface area contributed by atoms with Crippen LogP contribution in [-0.2, 0) is 46.9 Å². The third kappa shape index (κ3) is 101. The molecule has 0 spiro atoms. The third-order valence-corrected chi connectivity index (χ3v) is 0.849. The second kappa shape index (κ2) is 27.7. The van der Waals surface area contributed by atoms with Crippen molar-refractivity contribution in [3.8, 4) is 0 Å². The fourth-order valence-corrected chi connectivity index (χ4v) is 0.236. The Morgan fingerprint density at radius 1 is 0.950 bits per heavy atom. The van der Waals surface area contributed by atoms with E-state index in [9.17, 15) is 4.79 Å². The molecular formula is C11H26N4OS2W2. The summed E-state index contributed by atoms with van der Waals surface area (Å²) in [5, 5.41) is 3.85. The van der Waals surface area contributed by atoms with Crippen LogP contribution in [0.1, 0.15) is 49.0 Å². The van der Waals surface area contributed by atoms with E-state index < -0.39 is 0 Å². The molecule has 0 rings (SSSR count). The summed E-state index contributed by atoms with van der Waals surface area (Å²) in [5.41, 5.74) is 5.90. The number of hydrazine groups is 1. The zero-order valence-corrected chi connectivity index (χ0v) is 19.6. The SMILES string of the molecule is C.CC(=S)NN.CC(=S)NN=C(C)C.CC(C)=O.[W].[W]. The summed E-state index contributed by atoms with van der Waals surface area (Å²) in [5.74, 6) is 4.95. The first-order valence-electron chi connectivity index (χ1n) is 4.85. The third-order valence-electron chi connectivity index (χ3n) is 0.640. The van der Waals surface area contributed by atoms with Crippen molar-refractivity contribution in [2.45, 2.75) is 49.0 Å². The van der Waals surface area contributed by atoms with Crippen LogP contribution in [0.15, 0.2) is 5.10 Å². The van der Waals surface area contributed by atoms with E-state index in [1.807, 2.05) is 13.8 Å². The Hall–Kier alpha value is 0.457. The summed E-state index contributed by atoms with van der Waals surface area (Å²) in [6.07, 6.45) is 0. The van der Waals surface area contributed by atoms with Crippen LogP contribution in [-0.4, -0.2) is 21.5 Å². The van der Waals surface area contributed by atoms with Gasteiger partial charge in [-0.3, -0.25) is 11.3 Å². The second-order valence-electron chi connectivity index (χ2n) is 3.34. The van der Waals surface area contributed by atoms with E-state index in [0.717, 1.165) is 5.71 Å². The van der Waals surface area contributed by atoms with Gasteiger partial charge >= 0.3 is 0 Å². The molecular weight excluding hydrogens is 636 g/mol. The predicted molar refractivity (Wildman–Crippen MR) is 88.9 cm³/mol. The molecule has 5 nitrogen and oxygen atoms in total. The summed E-state index contributed by atoms with van der Waals surface area (Å²) in [6.45, 7) is 10.4. The van der Waals surface area contributed by atoms with Crippen LogP contribution in [0.3, 0.4) is 0 Å². The quantitative estimate of drug-likeness (QED) is 0.173. The number of hydrogen-bond donors (Lipinski definition) is 3. The molecule has 0 saturated heterocycles. The Kier molecular flexibility index (Phi) is 51.4. The molecule has 0 aliphatic heterocycles. The van der Waals surface area contributed by atoms with Crippen LogP contribution in [0.2, 0.25) is 0 Å². The molecule has 9 heteroatoms. The molecule has 0 aromatic heterocycles. The van der Waals surface area contributed by atoms with E-state index in [2.05, 4.69) is 28.2 Å². The number of nitrogens with one attached hydrogen (secondary N) is 2. The van der Waals surface area contributed by atoms with Gasteiger partial charge in [0, 0.05) is 47.8 Å². The number of hydrogen-bond acceptors (Lipinski definition) is 5. The number of hydrazone groups is 1. The van der Waals surface area contributed by atoms with Crippen LogP contribution in [0, 0.1) is 0 Å². The topological polar surface area (TPSA) is 79.5 Å². The number of nitrogens with zero attached hydrogens (tertiary/aromatic N) is 1.